The SMILES string of the molecule is CC1(O)CCCN(c2cnccc2CN)C1. The second-order valence-electron chi connectivity index (χ2n) is 4.73. The molecule has 88 valence electrons. The second-order valence-corrected chi connectivity index (χ2v) is 4.73. The molecule has 0 aliphatic carbocycles. The van der Waals surface area contributed by atoms with Crippen molar-refractivity contribution in [2.75, 3.05) is 18.0 Å². The van der Waals surface area contributed by atoms with Crippen molar-refractivity contribution < 1.29 is 5.11 Å². The van der Waals surface area contributed by atoms with Crippen molar-refractivity contribution in [3.05, 3.63) is 24.0 Å². The highest BCUT2D eigenvalue weighted by Crippen LogP contribution is 2.27. The third-order valence-corrected chi connectivity index (χ3v) is 3.12. The first kappa shape index (κ1) is 11.4. The average molecular weight is 221 g/mol. The van der Waals surface area contributed by atoms with Crippen LogP contribution in [0.1, 0.15) is 25.3 Å². The first-order valence-electron chi connectivity index (χ1n) is 5.73. The van der Waals surface area contributed by atoms with E-state index in [1.165, 1.54) is 0 Å². The van der Waals surface area contributed by atoms with Crippen molar-refractivity contribution in [3.8, 4) is 0 Å². The van der Waals surface area contributed by atoms with E-state index in [2.05, 4.69) is 9.88 Å². The molecule has 16 heavy (non-hydrogen) atoms. The lowest BCUT2D eigenvalue weighted by Crippen LogP contribution is -2.46. The number of rotatable bonds is 2. The van der Waals surface area contributed by atoms with E-state index in [-0.39, 0.29) is 0 Å². The van der Waals surface area contributed by atoms with Crippen LogP contribution in [0.15, 0.2) is 18.5 Å². The molecular formula is C12H19N3O. The Kier molecular flexibility index (Phi) is 3.12. The maximum atomic E-state index is 10.1. The fourth-order valence-electron chi connectivity index (χ4n) is 2.30. The summed E-state index contributed by atoms with van der Waals surface area (Å²) in [5.41, 5.74) is 7.26. The van der Waals surface area contributed by atoms with Gasteiger partial charge in [0.2, 0.25) is 0 Å². The number of piperidine rings is 1. The van der Waals surface area contributed by atoms with Gasteiger partial charge in [0.05, 0.1) is 17.5 Å². The van der Waals surface area contributed by atoms with Crippen LogP contribution in [-0.2, 0) is 6.54 Å². The fraction of sp³-hybridized carbons (Fsp3) is 0.583. The average Bonchev–Trinajstić information content (AvgIpc) is 2.27. The van der Waals surface area contributed by atoms with Gasteiger partial charge in [-0.1, -0.05) is 0 Å². The van der Waals surface area contributed by atoms with Crippen molar-refractivity contribution in [2.45, 2.75) is 31.9 Å². The Morgan fingerprint density at radius 2 is 2.44 bits per heavy atom. The van der Waals surface area contributed by atoms with Gasteiger partial charge in [-0.3, -0.25) is 4.98 Å². The number of aliphatic hydroxyl groups is 1. The Morgan fingerprint density at radius 1 is 1.62 bits per heavy atom. The van der Waals surface area contributed by atoms with Crippen molar-refractivity contribution in [2.24, 2.45) is 5.73 Å². The molecule has 0 bridgehead atoms. The zero-order valence-electron chi connectivity index (χ0n) is 9.69. The maximum absolute atomic E-state index is 10.1. The van der Waals surface area contributed by atoms with Gasteiger partial charge in [0.15, 0.2) is 0 Å². The Balaban J connectivity index is 2.23. The molecule has 0 aromatic carbocycles. The van der Waals surface area contributed by atoms with Gasteiger partial charge in [-0.05, 0) is 31.4 Å². The molecular weight excluding hydrogens is 202 g/mol. The molecule has 0 spiro atoms. The van der Waals surface area contributed by atoms with Crippen LogP contribution >= 0.6 is 0 Å². The topological polar surface area (TPSA) is 62.4 Å². The van der Waals surface area contributed by atoms with E-state index >= 15 is 0 Å². The molecule has 0 saturated carbocycles. The summed E-state index contributed by atoms with van der Waals surface area (Å²) in [5.74, 6) is 0. The molecule has 2 rings (SSSR count). The van der Waals surface area contributed by atoms with E-state index in [0.29, 0.717) is 13.1 Å². The highest BCUT2D eigenvalue weighted by molar-refractivity contribution is 5.52. The fourth-order valence-corrected chi connectivity index (χ4v) is 2.30. The number of pyridine rings is 1. The minimum atomic E-state index is -0.597. The summed E-state index contributed by atoms with van der Waals surface area (Å²) in [4.78, 5) is 6.32. The van der Waals surface area contributed by atoms with Gasteiger partial charge in [0.25, 0.3) is 0 Å². The third-order valence-electron chi connectivity index (χ3n) is 3.12. The lowest BCUT2D eigenvalue weighted by atomic mass is 9.94. The number of aromatic nitrogens is 1. The van der Waals surface area contributed by atoms with Crippen molar-refractivity contribution >= 4 is 5.69 Å². The molecule has 3 N–H and O–H groups in total. The second kappa shape index (κ2) is 4.39. The minimum Gasteiger partial charge on any atom is -0.388 e. The smallest absolute Gasteiger partial charge is 0.0794 e. The Bertz CT molecular complexity index is 365. The monoisotopic (exact) mass is 221 g/mol. The summed E-state index contributed by atoms with van der Waals surface area (Å²) < 4.78 is 0. The van der Waals surface area contributed by atoms with E-state index in [0.717, 1.165) is 30.6 Å². The largest absolute Gasteiger partial charge is 0.388 e. The van der Waals surface area contributed by atoms with Gasteiger partial charge in [-0.25, -0.2) is 0 Å². The van der Waals surface area contributed by atoms with Crippen LogP contribution in [0.4, 0.5) is 5.69 Å². The van der Waals surface area contributed by atoms with E-state index in [1.54, 1.807) is 6.20 Å². The molecule has 1 unspecified atom stereocenters. The summed E-state index contributed by atoms with van der Waals surface area (Å²) >= 11 is 0. The molecule has 4 nitrogen and oxygen atoms in total. The predicted molar refractivity (Wildman–Crippen MR) is 64.2 cm³/mol. The van der Waals surface area contributed by atoms with E-state index in [1.807, 2.05) is 19.2 Å². The standard InChI is InChI=1S/C12H19N3O/c1-12(16)4-2-6-15(9-12)11-8-14-5-3-10(11)7-13/h3,5,8,16H,2,4,6-7,9,13H2,1H3. The molecule has 0 amide bonds. The quantitative estimate of drug-likeness (QED) is 0.778. The van der Waals surface area contributed by atoms with Gasteiger partial charge >= 0.3 is 0 Å². The van der Waals surface area contributed by atoms with Gasteiger partial charge in [-0.15, -0.1) is 0 Å². The molecule has 4 heteroatoms. The van der Waals surface area contributed by atoms with E-state index < -0.39 is 5.60 Å². The summed E-state index contributed by atoms with van der Waals surface area (Å²) in [6, 6.07) is 1.94. The Labute approximate surface area is 96.1 Å². The Hall–Kier alpha value is -1.13. The summed E-state index contributed by atoms with van der Waals surface area (Å²) in [6.07, 6.45) is 5.46. The Morgan fingerprint density at radius 3 is 3.12 bits per heavy atom. The molecule has 1 fully saturated rings. The third kappa shape index (κ3) is 2.33. The van der Waals surface area contributed by atoms with Crippen molar-refractivity contribution in [1.82, 2.24) is 4.98 Å². The predicted octanol–water partition coefficient (Wildman–Crippen LogP) is 0.892. The van der Waals surface area contributed by atoms with Crippen LogP contribution in [-0.4, -0.2) is 28.8 Å². The van der Waals surface area contributed by atoms with Gasteiger partial charge in [0.1, 0.15) is 0 Å². The van der Waals surface area contributed by atoms with Crippen molar-refractivity contribution in [3.63, 3.8) is 0 Å². The highest BCUT2D eigenvalue weighted by Gasteiger charge is 2.29. The van der Waals surface area contributed by atoms with Crippen LogP contribution in [0, 0.1) is 0 Å². The van der Waals surface area contributed by atoms with Crippen LogP contribution in [0.3, 0.4) is 0 Å². The first-order valence-corrected chi connectivity index (χ1v) is 5.73. The van der Waals surface area contributed by atoms with Crippen molar-refractivity contribution in [1.29, 1.82) is 0 Å². The molecule has 1 aromatic rings. The number of anilines is 1. The zero-order chi connectivity index (χ0) is 11.6. The molecule has 1 aliphatic heterocycles. The molecule has 2 heterocycles. The molecule has 1 aromatic heterocycles. The summed E-state index contributed by atoms with van der Waals surface area (Å²) in [7, 11) is 0. The van der Waals surface area contributed by atoms with Crippen LogP contribution in [0.2, 0.25) is 0 Å². The molecule has 0 radical (unpaired) electrons. The van der Waals surface area contributed by atoms with E-state index in [9.17, 15) is 5.11 Å². The first-order chi connectivity index (χ1) is 7.62. The van der Waals surface area contributed by atoms with Gasteiger partial charge in [0, 0.05) is 25.8 Å². The number of β-amino-alcohol motifs (C(OH)–C–C–N with tert-alkyl or cyclic N) is 1. The normalized spacial score (nSPS) is 25.8. The molecule has 1 aliphatic rings. The summed E-state index contributed by atoms with van der Waals surface area (Å²) in [5, 5.41) is 10.1. The maximum Gasteiger partial charge on any atom is 0.0794 e. The lowest BCUT2D eigenvalue weighted by molar-refractivity contribution is 0.0449. The minimum absolute atomic E-state index is 0.510. The summed E-state index contributed by atoms with van der Waals surface area (Å²) in [6.45, 7) is 4.02. The van der Waals surface area contributed by atoms with Crippen LogP contribution in [0.5, 0.6) is 0 Å². The zero-order valence-corrected chi connectivity index (χ0v) is 9.69. The van der Waals surface area contributed by atoms with Crippen LogP contribution < -0.4 is 10.6 Å². The number of hydrogen-bond donors (Lipinski definition) is 2. The molecule has 1 saturated heterocycles. The van der Waals surface area contributed by atoms with Gasteiger partial charge < -0.3 is 15.7 Å². The van der Waals surface area contributed by atoms with Crippen LogP contribution in [0.25, 0.3) is 0 Å². The lowest BCUT2D eigenvalue weighted by Gasteiger charge is -2.38. The number of hydrogen-bond acceptors (Lipinski definition) is 4. The number of nitrogens with two attached hydrogens (primary N) is 1. The van der Waals surface area contributed by atoms with Gasteiger partial charge in [-0.2, -0.15) is 0 Å². The highest BCUT2D eigenvalue weighted by atomic mass is 16.3. The van der Waals surface area contributed by atoms with E-state index in [4.69, 9.17) is 5.73 Å². The number of nitrogens with zero attached hydrogens (tertiary/aromatic N) is 2. The molecule has 1 atom stereocenters.